The van der Waals surface area contributed by atoms with Gasteiger partial charge in [0, 0.05) is 16.5 Å². The van der Waals surface area contributed by atoms with Crippen molar-refractivity contribution < 1.29 is 9.90 Å². The highest BCUT2D eigenvalue weighted by molar-refractivity contribution is 7.98. The lowest BCUT2D eigenvalue weighted by Gasteiger charge is -2.10. The summed E-state index contributed by atoms with van der Waals surface area (Å²) in [4.78, 5) is 12.7. The second kappa shape index (κ2) is 5.78. The number of hydrogen-bond donors (Lipinski definition) is 2. The molecule has 1 atom stereocenters. The van der Waals surface area contributed by atoms with Crippen molar-refractivity contribution in [2.24, 2.45) is 0 Å². The first-order chi connectivity index (χ1) is 7.17. The van der Waals surface area contributed by atoms with Gasteiger partial charge in [0.05, 0.1) is 6.61 Å². The van der Waals surface area contributed by atoms with E-state index in [0.717, 1.165) is 4.90 Å². The van der Waals surface area contributed by atoms with Crippen LogP contribution in [0.5, 0.6) is 0 Å². The Morgan fingerprint density at radius 1 is 1.47 bits per heavy atom. The molecule has 82 valence electrons. The zero-order valence-electron chi connectivity index (χ0n) is 8.86. The zero-order chi connectivity index (χ0) is 11.3. The molecule has 1 aromatic carbocycles. The highest BCUT2D eigenvalue weighted by Crippen LogP contribution is 2.14. The number of thioether (sulfide) groups is 1. The molecule has 1 rings (SSSR count). The largest absolute Gasteiger partial charge is 0.394 e. The molecule has 1 aromatic rings. The summed E-state index contributed by atoms with van der Waals surface area (Å²) in [5, 5.41) is 11.5. The van der Waals surface area contributed by atoms with Crippen molar-refractivity contribution in [3.8, 4) is 0 Å². The van der Waals surface area contributed by atoms with Gasteiger partial charge < -0.3 is 10.4 Å². The van der Waals surface area contributed by atoms with Crippen LogP contribution in [0, 0.1) is 0 Å². The highest BCUT2D eigenvalue weighted by Gasteiger charge is 2.08. The molecule has 15 heavy (non-hydrogen) atoms. The van der Waals surface area contributed by atoms with E-state index in [1.54, 1.807) is 30.8 Å². The number of rotatable bonds is 4. The third kappa shape index (κ3) is 3.57. The van der Waals surface area contributed by atoms with Crippen LogP contribution in [0.3, 0.4) is 0 Å². The normalized spacial score (nSPS) is 12.2. The van der Waals surface area contributed by atoms with Crippen LogP contribution in [-0.4, -0.2) is 29.9 Å². The lowest BCUT2D eigenvalue weighted by Crippen LogP contribution is -2.34. The summed E-state index contributed by atoms with van der Waals surface area (Å²) in [6.07, 6.45) is 1.99. The Labute approximate surface area is 93.9 Å². The fraction of sp³-hybridized carbons (Fsp3) is 0.364. The average Bonchev–Trinajstić information content (AvgIpc) is 2.29. The van der Waals surface area contributed by atoms with Gasteiger partial charge >= 0.3 is 0 Å². The topological polar surface area (TPSA) is 49.3 Å². The van der Waals surface area contributed by atoms with Crippen LogP contribution >= 0.6 is 11.8 Å². The molecule has 0 radical (unpaired) electrons. The van der Waals surface area contributed by atoms with Crippen molar-refractivity contribution >= 4 is 17.7 Å². The van der Waals surface area contributed by atoms with E-state index in [4.69, 9.17) is 5.11 Å². The Morgan fingerprint density at radius 3 is 2.53 bits per heavy atom. The summed E-state index contributed by atoms with van der Waals surface area (Å²) in [7, 11) is 0. The molecule has 0 aliphatic carbocycles. The van der Waals surface area contributed by atoms with Crippen LogP contribution in [0.1, 0.15) is 17.3 Å². The molecular weight excluding hydrogens is 210 g/mol. The zero-order valence-corrected chi connectivity index (χ0v) is 9.67. The highest BCUT2D eigenvalue weighted by atomic mass is 32.2. The number of aliphatic hydroxyl groups excluding tert-OH is 1. The Morgan fingerprint density at radius 2 is 2.07 bits per heavy atom. The first-order valence-electron chi connectivity index (χ1n) is 4.73. The maximum Gasteiger partial charge on any atom is 0.251 e. The number of nitrogens with one attached hydrogen (secondary N) is 1. The second-order valence-corrected chi connectivity index (χ2v) is 4.17. The maximum atomic E-state index is 11.6. The van der Waals surface area contributed by atoms with Gasteiger partial charge in [0.2, 0.25) is 0 Å². The van der Waals surface area contributed by atoms with E-state index >= 15 is 0 Å². The summed E-state index contributed by atoms with van der Waals surface area (Å²) < 4.78 is 0. The summed E-state index contributed by atoms with van der Waals surface area (Å²) in [6, 6.07) is 7.17. The van der Waals surface area contributed by atoms with Gasteiger partial charge in [0.1, 0.15) is 0 Å². The maximum absolute atomic E-state index is 11.6. The van der Waals surface area contributed by atoms with Gasteiger partial charge in [0.15, 0.2) is 0 Å². The molecule has 0 saturated heterocycles. The minimum atomic E-state index is -0.210. The van der Waals surface area contributed by atoms with Crippen LogP contribution in [-0.2, 0) is 0 Å². The fourth-order valence-corrected chi connectivity index (χ4v) is 1.50. The van der Waals surface area contributed by atoms with Gasteiger partial charge in [-0.2, -0.15) is 0 Å². The Balaban J connectivity index is 2.66. The molecule has 0 bridgehead atoms. The molecule has 1 unspecified atom stereocenters. The SMILES string of the molecule is CSc1ccc(C(=O)NC(C)CO)cc1. The van der Waals surface area contributed by atoms with E-state index < -0.39 is 0 Å². The predicted octanol–water partition coefficient (Wildman–Crippen LogP) is 1.52. The third-order valence-corrected chi connectivity index (χ3v) is 2.75. The van der Waals surface area contributed by atoms with Gasteiger partial charge in [-0.25, -0.2) is 0 Å². The van der Waals surface area contributed by atoms with Crippen molar-refractivity contribution in [3.05, 3.63) is 29.8 Å². The van der Waals surface area contributed by atoms with Crippen LogP contribution in [0.2, 0.25) is 0 Å². The van der Waals surface area contributed by atoms with Gasteiger partial charge in [-0.15, -0.1) is 11.8 Å². The lowest BCUT2D eigenvalue weighted by molar-refractivity contribution is 0.0922. The number of carbonyl (C=O) groups excluding carboxylic acids is 1. The van der Waals surface area contributed by atoms with Gasteiger partial charge in [-0.05, 0) is 37.4 Å². The monoisotopic (exact) mass is 225 g/mol. The number of aliphatic hydroxyl groups is 1. The van der Waals surface area contributed by atoms with E-state index in [9.17, 15) is 4.79 Å². The lowest BCUT2D eigenvalue weighted by atomic mass is 10.2. The number of hydrogen-bond acceptors (Lipinski definition) is 3. The molecule has 0 fully saturated rings. The Kier molecular flexibility index (Phi) is 4.65. The van der Waals surface area contributed by atoms with E-state index in [1.165, 1.54) is 0 Å². The average molecular weight is 225 g/mol. The smallest absolute Gasteiger partial charge is 0.251 e. The standard InChI is InChI=1S/C11H15NO2S/c1-8(7-13)12-11(14)9-3-5-10(15-2)6-4-9/h3-6,8,13H,7H2,1-2H3,(H,12,14). The minimum absolute atomic E-state index is 0.0470. The molecule has 4 heteroatoms. The molecule has 0 heterocycles. The Hall–Kier alpha value is -1.00. The number of benzene rings is 1. The van der Waals surface area contributed by atoms with Gasteiger partial charge in [-0.3, -0.25) is 4.79 Å². The molecule has 0 aromatic heterocycles. The molecule has 3 nitrogen and oxygen atoms in total. The first-order valence-corrected chi connectivity index (χ1v) is 5.95. The van der Waals surface area contributed by atoms with Crippen molar-refractivity contribution in [1.82, 2.24) is 5.32 Å². The van der Waals surface area contributed by atoms with E-state index in [0.29, 0.717) is 5.56 Å². The summed E-state index contributed by atoms with van der Waals surface area (Å²) in [6.45, 7) is 1.71. The quantitative estimate of drug-likeness (QED) is 0.764. The molecule has 0 saturated carbocycles. The van der Waals surface area contributed by atoms with Crippen LogP contribution < -0.4 is 5.32 Å². The number of amides is 1. The molecular formula is C11H15NO2S. The van der Waals surface area contributed by atoms with E-state index in [-0.39, 0.29) is 18.6 Å². The van der Waals surface area contributed by atoms with Crippen LogP contribution in [0.25, 0.3) is 0 Å². The van der Waals surface area contributed by atoms with Gasteiger partial charge in [0.25, 0.3) is 5.91 Å². The van der Waals surface area contributed by atoms with E-state index in [1.807, 2.05) is 18.4 Å². The van der Waals surface area contributed by atoms with E-state index in [2.05, 4.69) is 5.32 Å². The predicted molar refractivity (Wildman–Crippen MR) is 62.2 cm³/mol. The van der Waals surface area contributed by atoms with Crippen molar-refractivity contribution in [1.29, 1.82) is 0 Å². The third-order valence-electron chi connectivity index (χ3n) is 2.00. The van der Waals surface area contributed by atoms with Crippen LogP contribution in [0.4, 0.5) is 0 Å². The minimum Gasteiger partial charge on any atom is -0.394 e. The first kappa shape index (κ1) is 12.1. The van der Waals surface area contributed by atoms with Gasteiger partial charge in [-0.1, -0.05) is 0 Å². The van der Waals surface area contributed by atoms with Crippen molar-refractivity contribution in [2.45, 2.75) is 17.9 Å². The molecule has 0 aliphatic heterocycles. The summed E-state index contributed by atoms with van der Waals surface area (Å²) in [5.74, 6) is -0.149. The van der Waals surface area contributed by atoms with Crippen molar-refractivity contribution in [3.63, 3.8) is 0 Å². The van der Waals surface area contributed by atoms with Crippen molar-refractivity contribution in [2.75, 3.05) is 12.9 Å². The fourth-order valence-electron chi connectivity index (χ4n) is 1.10. The molecule has 0 aliphatic rings. The number of carbonyl (C=O) groups is 1. The van der Waals surface area contributed by atoms with Crippen LogP contribution in [0.15, 0.2) is 29.2 Å². The summed E-state index contributed by atoms with van der Waals surface area (Å²) >= 11 is 1.64. The molecule has 2 N–H and O–H groups in total. The Bertz CT molecular complexity index is 324. The molecule has 1 amide bonds. The summed E-state index contributed by atoms with van der Waals surface area (Å²) in [5.41, 5.74) is 0.619. The second-order valence-electron chi connectivity index (χ2n) is 3.29. The molecule has 0 spiro atoms.